The van der Waals surface area contributed by atoms with E-state index >= 15 is 0 Å². The lowest BCUT2D eigenvalue weighted by atomic mass is 9.97. The minimum Gasteiger partial charge on any atom is -0.310 e. The lowest BCUT2D eigenvalue weighted by Gasteiger charge is -2.09. The largest absolute Gasteiger partial charge is 0.310 e. The molecular weight excluding hydrogens is 388 g/mol. The van der Waals surface area contributed by atoms with Crippen molar-refractivity contribution in [2.45, 2.75) is 20.3 Å². The number of imide groups is 1. The van der Waals surface area contributed by atoms with Crippen molar-refractivity contribution in [3.8, 4) is 11.3 Å². The number of nitrogens with one attached hydrogen (secondary N) is 1. The number of anilines is 1. The highest BCUT2D eigenvalue weighted by Gasteiger charge is 2.35. The Morgan fingerprint density at radius 1 is 1.17 bits per heavy atom. The minimum atomic E-state index is -0.381. The summed E-state index contributed by atoms with van der Waals surface area (Å²) in [5.74, 6) is -0.620. The molecule has 3 aromatic rings. The van der Waals surface area contributed by atoms with Crippen LogP contribution < -0.4 is 5.32 Å². The molecule has 2 aromatic heterocycles. The highest BCUT2D eigenvalue weighted by molar-refractivity contribution is 7.09. The van der Waals surface area contributed by atoms with E-state index < -0.39 is 0 Å². The van der Waals surface area contributed by atoms with E-state index in [0.717, 1.165) is 26.7 Å². The van der Waals surface area contributed by atoms with Gasteiger partial charge >= 0.3 is 0 Å². The molecular formula is C21H18N4O3S. The number of thiazole rings is 1. The van der Waals surface area contributed by atoms with Gasteiger partial charge in [-0.15, -0.1) is 11.3 Å². The quantitative estimate of drug-likeness (QED) is 0.672. The molecule has 0 spiro atoms. The second-order valence-electron chi connectivity index (χ2n) is 6.92. The summed E-state index contributed by atoms with van der Waals surface area (Å²) in [6.45, 7) is 3.77. The fraction of sp³-hybridized carbons (Fsp3) is 0.190. The number of hydrogen-bond acceptors (Lipinski definition) is 6. The SMILES string of the molecule is Cc1cc(CC(=O)Nc2ccc(-c3csc(C)n3)cn2)c2c(c1)C(=O)N(C)C2=O. The third-order valence-electron chi connectivity index (χ3n) is 4.71. The smallest absolute Gasteiger partial charge is 0.261 e. The van der Waals surface area contributed by atoms with Gasteiger partial charge in [0.2, 0.25) is 5.91 Å². The average Bonchev–Trinajstić information content (AvgIpc) is 3.20. The van der Waals surface area contributed by atoms with Crippen molar-refractivity contribution >= 4 is 34.9 Å². The molecule has 1 N–H and O–H groups in total. The van der Waals surface area contributed by atoms with Gasteiger partial charge in [-0.3, -0.25) is 19.3 Å². The summed E-state index contributed by atoms with van der Waals surface area (Å²) in [5.41, 5.74) is 3.73. The van der Waals surface area contributed by atoms with Gasteiger partial charge in [0, 0.05) is 24.2 Å². The zero-order chi connectivity index (χ0) is 20.7. The number of fused-ring (bicyclic) bond motifs is 1. The topological polar surface area (TPSA) is 92.3 Å². The van der Waals surface area contributed by atoms with E-state index in [1.54, 1.807) is 35.7 Å². The Balaban J connectivity index is 1.52. The zero-order valence-corrected chi connectivity index (χ0v) is 17.0. The van der Waals surface area contributed by atoms with Crippen molar-refractivity contribution in [2.24, 2.45) is 0 Å². The minimum absolute atomic E-state index is 0.0222. The summed E-state index contributed by atoms with van der Waals surface area (Å²) in [7, 11) is 1.44. The van der Waals surface area contributed by atoms with Gasteiger partial charge in [-0.25, -0.2) is 9.97 Å². The lowest BCUT2D eigenvalue weighted by Crippen LogP contribution is -2.24. The molecule has 0 bridgehead atoms. The summed E-state index contributed by atoms with van der Waals surface area (Å²) in [6, 6.07) is 7.01. The van der Waals surface area contributed by atoms with E-state index in [-0.39, 0.29) is 24.1 Å². The fourth-order valence-corrected chi connectivity index (χ4v) is 3.96. The predicted octanol–water partition coefficient (Wildman–Crippen LogP) is 3.23. The van der Waals surface area contributed by atoms with Crippen LogP contribution in [0.15, 0.2) is 35.8 Å². The molecule has 0 saturated carbocycles. The Morgan fingerprint density at radius 2 is 1.97 bits per heavy atom. The van der Waals surface area contributed by atoms with Gasteiger partial charge in [0.15, 0.2) is 0 Å². The normalized spacial score (nSPS) is 13.0. The van der Waals surface area contributed by atoms with E-state index in [1.807, 2.05) is 25.3 Å². The molecule has 1 aromatic carbocycles. The Hall–Kier alpha value is -3.39. The Labute approximate surface area is 171 Å². The molecule has 3 heterocycles. The van der Waals surface area contributed by atoms with Gasteiger partial charge in [0.05, 0.1) is 28.2 Å². The third kappa shape index (κ3) is 3.54. The molecule has 0 atom stereocenters. The van der Waals surface area contributed by atoms with Crippen LogP contribution in [0.5, 0.6) is 0 Å². The van der Waals surface area contributed by atoms with E-state index in [9.17, 15) is 14.4 Å². The van der Waals surface area contributed by atoms with Crippen LogP contribution in [0.4, 0.5) is 5.82 Å². The maximum absolute atomic E-state index is 12.5. The molecule has 29 heavy (non-hydrogen) atoms. The summed E-state index contributed by atoms with van der Waals surface area (Å²) in [5, 5.41) is 5.67. The van der Waals surface area contributed by atoms with Crippen LogP contribution in [0, 0.1) is 13.8 Å². The first-order chi connectivity index (χ1) is 13.8. The number of carbonyl (C=O) groups is 3. The number of rotatable bonds is 4. The molecule has 0 radical (unpaired) electrons. The summed E-state index contributed by atoms with van der Waals surface area (Å²) >= 11 is 1.56. The van der Waals surface area contributed by atoms with Crippen molar-refractivity contribution < 1.29 is 14.4 Å². The maximum atomic E-state index is 12.5. The van der Waals surface area contributed by atoms with E-state index in [2.05, 4.69) is 15.3 Å². The van der Waals surface area contributed by atoms with Crippen molar-refractivity contribution in [3.63, 3.8) is 0 Å². The number of carbonyl (C=O) groups excluding carboxylic acids is 3. The molecule has 1 aliphatic rings. The number of hydrogen-bond donors (Lipinski definition) is 1. The highest BCUT2D eigenvalue weighted by Crippen LogP contribution is 2.27. The second-order valence-corrected chi connectivity index (χ2v) is 7.99. The Morgan fingerprint density at radius 3 is 2.62 bits per heavy atom. The molecule has 0 saturated heterocycles. The summed E-state index contributed by atoms with van der Waals surface area (Å²) in [4.78, 5) is 47.0. The summed E-state index contributed by atoms with van der Waals surface area (Å²) in [6.07, 6.45) is 1.64. The Kier molecular flexibility index (Phi) is 4.71. The molecule has 8 heteroatoms. The van der Waals surface area contributed by atoms with E-state index in [4.69, 9.17) is 0 Å². The van der Waals surface area contributed by atoms with E-state index in [1.165, 1.54) is 7.05 Å². The van der Waals surface area contributed by atoms with Crippen molar-refractivity contribution in [1.29, 1.82) is 0 Å². The zero-order valence-electron chi connectivity index (χ0n) is 16.1. The van der Waals surface area contributed by atoms with Crippen molar-refractivity contribution in [1.82, 2.24) is 14.9 Å². The highest BCUT2D eigenvalue weighted by atomic mass is 32.1. The van der Waals surface area contributed by atoms with Crippen LogP contribution in [-0.4, -0.2) is 39.6 Å². The van der Waals surface area contributed by atoms with Crippen LogP contribution in [0.25, 0.3) is 11.3 Å². The van der Waals surface area contributed by atoms with Gasteiger partial charge in [-0.05, 0) is 43.2 Å². The number of benzene rings is 1. The number of amides is 3. The van der Waals surface area contributed by atoms with Crippen molar-refractivity contribution in [3.05, 3.63) is 63.1 Å². The molecule has 4 rings (SSSR count). The monoisotopic (exact) mass is 406 g/mol. The maximum Gasteiger partial charge on any atom is 0.261 e. The Bertz CT molecular complexity index is 1150. The number of nitrogens with zero attached hydrogens (tertiary/aromatic N) is 3. The third-order valence-corrected chi connectivity index (χ3v) is 5.49. The molecule has 1 aliphatic heterocycles. The molecule has 0 aliphatic carbocycles. The van der Waals surface area contributed by atoms with Gasteiger partial charge in [0.1, 0.15) is 5.82 Å². The van der Waals surface area contributed by atoms with Crippen LogP contribution in [-0.2, 0) is 11.2 Å². The first-order valence-corrected chi connectivity index (χ1v) is 9.86. The first kappa shape index (κ1) is 18.9. The standard InChI is InChI=1S/C21H18N4O3S/c1-11-6-14(19-15(7-11)20(27)25(3)21(19)28)8-18(26)24-17-5-4-13(9-22-17)16-10-29-12(2)23-16/h4-7,9-10H,8H2,1-3H3,(H,22,24,26). The predicted molar refractivity (Wildman–Crippen MR) is 110 cm³/mol. The van der Waals surface area contributed by atoms with Gasteiger partial charge < -0.3 is 5.32 Å². The number of aryl methyl sites for hydroxylation is 2. The average molecular weight is 406 g/mol. The molecule has 0 fully saturated rings. The van der Waals surface area contributed by atoms with Crippen LogP contribution in [0.1, 0.15) is 36.9 Å². The van der Waals surface area contributed by atoms with Gasteiger partial charge in [-0.1, -0.05) is 6.07 Å². The second kappa shape index (κ2) is 7.21. The van der Waals surface area contributed by atoms with Crippen LogP contribution >= 0.6 is 11.3 Å². The van der Waals surface area contributed by atoms with Crippen molar-refractivity contribution in [2.75, 3.05) is 12.4 Å². The number of pyridine rings is 1. The molecule has 0 unspecified atom stereocenters. The van der Waals surface area contributed by atoms with Crippen LogP contribution in [0.2, 0.25) is 0 Å². The summed E-state index contributed by atoms with van der Waals surface area (Å²) < 4.78 is 0. The lowest BCUT2D eigenvalue weighted by molar-refractivity contribution is -0.115. The van der Waals surface area contributed by atoms with Crippen LogP contribution in [0.3, 0.4) is 0 Å². The fourth-order valence-electron chi connectivity index (χ4n) is 3.34. The van der Waals surface area contributed by atoms with Gasteiger partial charge in [0.25, 0.3) is 11.8 Å². The molecule has 7 nitrogen and oxygen atoms in total. The van der Waals surface area contributed by atoms with E-state index in [0.29, 0.717) is 22.5 Å². The molecule has 146 valence electrons. The first-order valence-electron chi connectivity index (χ1n) is 8.98. The number of aromatic nitrogens is 2. The van der Waals surface area contributed by atoms with Gasteiger partial charge in [-0.2, -0.15) is 0 Å². The molecule has 3 amide bonds.